The van der Waals surface area contributed by atoms with Crippen LogP contribution in [-0.4, -0.2) is 11.7 Å². The molecule has 0 amide bonds. The topological polar surface area (TPSA) is 32.3 Å². The van der Waals surface area contributed by atoms with Crippen LogP contribution in [0.4, 0.5) is 14.5 Å². The van der Waals surface area contributed by atoms with Crippen molar-refractivity contribution in [3.63, 3.8) is 0 Å². The fourth-order valence-corrected chi connectivity index (χ4v) is 2.20. The summed E-state index contributed by atoms with van der Waals surface area (Å²) in [6, 6.07) is 10.1. The van der Waals surface area contributed by atoms with Crippen molar-refractivity contribution in [2.45, 2.75) is 12.5 Å². The predicted octanol–water partition coefficient (Wildman–Crippen LogP) is 3.94. The summed E-state index contributed by atoms with van der Waals surface area (Å²) in [6.07, 6.45) is 0. The first-order valence-corrected chi connectivity index (χ1v) is 6.42. The van der Waals surface area contributed by atoms with E-state index in [0.717, 1.165) is 12.1 Å². The Morgan fingerprint density at radius 1 is 1.20 bits per heavy atom. The molecule has 0 fully saturated rings. The first-order valence-electron chi connectivity index (χ1n) is 6.05. The first kappa shape index (κ1) is 14.8. The fraction of sp³-hybridized carbons (Fsp3) is 0.200. The minimum atomic E-state index is -1.08. The highest BCUT2D eigenvalue weighted by atomic mass is 35.5. The van der Waals surface area contributed by atoms with Gasteiger partial charge >= 0.3 is 0 Å². The molecule has 106 valence electrons. The number of aliphatic hydroxyl groups is 1. The molecule has 2 N–H and O–H groups in total. The summed E-state index contributed by atoms with van der Waals surface area (Å²) in [5.74, 6) is -1.37. The van der Waals surface area contributed by atoms with E-state index in [1.54, 1.807) is 31.2 Å². The molecule has 0 aromatic heterocycles. The quantitative estimate of drug-likeness (QED) is 0.896. The lowest BCUT2D eigenvalue weighted by Crippen LogP contribution is -2.36. The minimum absolute atomic E-state index is 0.182. The predicted molar refractivity (Wildman–Crippen MR) is 75.9 cm³/mol. The van der Waals surface area contributed by atoms with Crippen LogP contribution in [0.1, 0.15) is 12.5 Å². The Kier molecular flexibility index (Phi) is 4.26. The molecule has 1 unspecified atom stereocenters. The minimum Gasteiger partial charge on any atom is -0.394 e. The van der Waals surface area contributed by atoms with E-state index >= 15 is 0 Å². The number of hydrogen-bond acceptors (Lipinski definition) is 2. The summed E-state index contributed by atoms with van der Waals surface area (Å²) in [5.41, 5.74) is -0.262. The van der Waals surface area contributed by atoms with E-state index in [0.29, 0.717) is 10.7 Å². The molecule has 2 aromatic carbocycles. The van der Waals surface area contributed by atoms with Gasteiger partial charge in [0.1, 0.15) is 11.6 Å². The van der Waals surface area contributed by atoms with Crippen LogP contribution in [0, 0.1) is 11.6 Å². The lowest BCUT2D eigenvalue weighted by atomic mass is 9.92. The SMILES string of the molecule is CC(CO)(Nc1cccc(Cl)c1)c1ccc(F)cc1F. The van der Waals surface area contributed by atoms with Crippen molar-refractivity contribution in [2.24, 2.45) is 0 Å². The van der Waals surface area contributed by atoms with Crippen molar-refractivity contribution < 1.29 is 13.9 Å². The monoisotopic (exact) mass is 297 g/mol. The van der Waals surface area contributed by atoms with Crippen molar-refractivity contribution in [3.8, 4) is 0 Å². The maximum absolute atomic E-state index is 13.9. The average Bonchev–Trinajstić information content (AvgIpc) is 2.38. The Morgan fingerprint density at radius 2 is 1.95 bits per heavy atom. The lowest BCUT2D eigenvalue weighted by molar-refractivity contribution is 0.220. The van der Waals surface area contributed by atoms with Gasteiger partial charge in [0.25, 0.3) is 0 Å². The van der Waals surface area contributed by atoms with Gasteiger partial charge in [-0.05, 0) is 31.2 Å². The molecular formula is C15H14ClF2NO. The third kappa shape index (κ3) is 3.08. The van der Waals surface area contributed by atoms with Crippen LogP contribution in [0.25, 0.3) is 0 Å². The highest BCUT2D eigenvalue weighted by molar-refractivity contribution is 6.30. The zero-order chi connectivity index (χ0) is 14.8. The summed E-state index contributed by atoms with van der Waals surface area (Å²) in [6.45, 7) is 1.27. The van der Waals surface area contributed by atoms with E-state index in [9.17, 15) is 13.9 Å². The van der Waals surface area contributed by atoms with Crippen molar-refractivity contribution >= 4 is 17.3 Å². The molecule has 0 saturated heterocycles. The van der Waals surface area contributed by atoms with Crippen LogP contribution in [0.3, 0.4) is 0 Å². The molecular weight excluding hydrogens is 284 g/mol. The summed E-state index contributed by atoms with van der Waals surface area (Å²) in [7, 11) is 0. The molecule has 0 spiro atoms. The van der Waals surface area contributed by atoms with Crippen molar-refractivity contribution in [1.29, 1.82) is 0 Å². The van der Waals surface area contributed by atoms with Crippen molar-refractivity contribution in [1.82, 2.24) is 0 Å². The molecule has 0 saturated carbocycles. The van der Waals surface area contributed by atoms with E-state index in [1.807, 2.05) is 0 Å². The second kappa shape index (κ2) is 5.77. The highest BCUT2D eigenvalue weighted by Crippen LogP contribution is 2.29. The molecule has 0 aliphatic heterocycles. The maximum Gasteiger partial charge on any atom is 0.131 e. The first-order chi connectivity index (χ1) is 9.44. The van der Waals surface area contributed by atoms with Crippen LogP contribution in [0.15, 0.2) is 42.5 Å². The molecule has 0 radical (unpaired) electrons. The van der Waals surface area contributed by atoms with Crippen LogP contribution in [0.2, 0.25) is 5.02 Å². The van der Waals surface area contributed by atoms with Gasteiger partial charge in [-0.3, -0.25) is 0 Å². The van der Waals surface area contributed by atoms with Crippen LogP contribution in [0.5, 0.6) is 0 Å². The third-order valence-corrected chi connectivity index (χ3v) is 3.32. The summed E-state index contributed by atoms with van der Waals surface area (Å²) < 4.78 is 26.9. The van der Waals surface area contributed by atoms with Gasteiger partial charge in [-0.2, -0.15) is 0 Å². The number of benzene rings is 2. The van der Waals surface area contributed by atoms with Gasteiger partial charge in [0, 0.05) is 22.3 Å². The van der Waals surface area contributed by atoms with Crippen LogP contribution < -0.4 is 5.32 Å². The third-order valence-electron chi connectivity index (χ3n) is 3.09. The molecule has 0 aliphatic rings. The molecule has 0 bridgehead atoms. The van der Waals surface area contributed by atoms with Gasteiger partial charge in [-0.1, -0.05) is 23.7 Å². The molecule has 1 atom stereocenters. The van der Waals surface area contributed by atoms with Gasteiger partial charge in [0.2, 0.25) is 0 Å². The van der Waals surface area contributed by atoms with E-state index < -0.39 is 17.2 Å². The number of anilines is 1. The van der Waals surface area contributed by atoms with Gasteiger partial charge in [0.15, 0.2) is 0 Å². The molecule has 0 aliphatic carbocycles. The van der Waals surface area contributed by atoms with Crippen molar-refractivity contribution in [2.75, 3.05) is 11.9 Å². The standard InChI is InChI=1S/C15H14ClF2NO/c1-15(9-20,13-6-5-11(17)8-14(13)18)19-12-4-2-3-10(16)7-12/h2-8,19-20H,9H2,1H3. The average molecular weight is 298 g/mol. The molecule has 0 heterocycles. The highest BCUT2D eigenvalue weighted by Gasteiger charge is 2.29. The largest absolute Gasteiger partial charge is 0.394 e. The van der Waals surface area contributed by atoms with Crippen LogP contribution >= 0.6 is 11.6 Å². The summed E-state index contributed by atoms with van der Waals surface area (Å²) >= 11 is 5.89. The second-order valence-electron chi connectivity index (χ2n) is 4.75. The molecule has 2 nitrogen and oxygen atoms in total. The molecule has 2 rings (SSSR count). The maximum atomic E-state index is 13.9. The van der Waals surface area contributed by atoms with Crippen molar-refractivity contribution in [3.05, 3.63) is 64.7 Å². The Balaban J connectivity index is 2.38. The van der Waals surface area contributed by atoms with Gasteiger partial charge in [-0.25, -0.2) is 8.78 Å². The molecule has 5 heteroatoms. The van der Waals surface area contributed by atoms with E-state index in [2.05, 4.69) is 5.32 Å². The van der Waals surface area contributed by atoms with Crippen LogP contribution in [-0.2, 0) is 5.54 Å². The number of nitrogens with one attached hydrogen (secondary N) is 1. The fourth-order valence-electron chi connectivity index (χ4n) is 2.01. The number of aliphatic hydroxyl groups excluding tert-OH is 1. The Labute approximate surface area is 121 Å². The van der Waals surface area contributed by atoms with E-state index in [-0.39, 0.29) is 12.2 Å². The number of halogens is 3. The van der Waals surface area contributed by atoms with Gasteiger partial charge in [-0.15, -0.1) is 0 Å². The Hall–Kier alpha value is -1.65. The Morgan fingerprint density at radius 3 is 2.55 bits per heavy atom. The van der Waals surface area contributed by atoms with Gasteiger partial charge in [0.05, 0.1) is 12.1 Å². The second-order valence-corrected chi connectivity index (χ2v) is 5.19. The van der Waals surface area contributed by atoms with E-state index in [1.165, 1.54) is 6.07 Å². The lowest BCUT2D eigenvalue weighted by Gasteiger charge is -2.31. The smallest absolute Gasteiger partial charge is 0.131 e. The zero-order valence-corrected chi connectivity index (χ0v) is 11.6. The number of rotatable bonds is 4. The normalized spacial score (nSPS) is 13.8. The van der Waals surface area contributed by atoms with E-state index in [4.69, 9.17) is 11.6 Å². The summed E-state index contributed by atoms with van der Waals surface area (Å²) in [5, 5.41) is 13.2. The molecule has 20 heavy (non-hydrogen) atoms. The molecule has 2 aromatic rings. The zero-order valence-electron chi connectivity index (χ0n) is 10.8. The number of hydrogen-bond donors (Lipinski definition) is 2. The van der Waals surface area contributed by atoms with Gasteiger partial charge < -0.3 is 10.4 Å². The summed E-state index contributed by atoms with van der Waals surface area (Å²) in [4.78, 5) is 0. The Bertz CT molecular complexity index is 621.